The van der Waals surface area contributed by atoms with Crippen molar-refractivity contribution in [3.63, 3.8) is 0 Å². The van der Waals surface area contributed by atoms with Crippen LogP contribution in [-0.4, -0.2) is 11.1 Å². The van der Waals surface area contributed by atoms with Gasteiger partial charge < -0.3 is 10.4 Å². The van der Waals surface area contributed by atoms with E-state index in [-0.39, 0.29) is 17.4 Å². The molecular weight excluding hydrogens is 269 g/mol. The number of aromatic carboxylic acids is 1. The molecule has 0 aliphatic heterocycles. The summed E-state index contributed by atoms with van der Waals surface area (Å²) >= 11 is 0. The summed E-state index contributed by atoms with van der Waals surface area (Å²) in [5, 5.41) is 12.3. The van der Waals surface area contributed by atoms with Crippen molar-refractivity contribution < 1.29 is 14.3 Å². The van der Waals surface area contributed by atoms with Crippen LogP contribution in [-0.2, 0) is 0 Å². The predicted molar refractivity (Wildman–Crippen MR) is 78.9 cm³/mol. The summed E-state index contributed by atoms with van der Waals surface area (Å²) < 4.78 is 13.0. The van der Waals surface area contributed by atoms with Crippen LogP contribution in [0.1, 0.15) is 34.8 Å². The monoisotopic (exact) mass is 285 g/mol. The van der Waals surface area contributed by atoms with E-state index in [2.05, 4.69) is 5.32 Å². The van der Waals surface area contributed by atoms with Crippen molar-refractivity contribution in [3.8, 4) is 0 Å². The topological polar surface area (TPSA) is 49.3 Å². The van der Waals surface area contributed by atoms with Gasteiger partial charge in [0.05, 0.1) is 11.6 Å². The molecule has 0 spiro atoms. The Balaban J connectivity index is 1.79. The summed E-state index contributed by atoms with van der Waals surface area (Å²) in [5.41, 5.74) is 2.20. The van der Waals surface area contributed by atoms with Gasteiger partial charge in [0.2, 0.25) is 0 Å². The molecule has 2 aromatic rings. The van der Waals surface area contributed by atoms with Crippen LogP contribution in [0.5, 0.6) is 0 Å². The Kier molecular flexibility index (Phi) is 3.60. The minimum absolute atomic E-state index is 0.140. The van der Waals surface area contributed by atoms with Crippen molar-refractivity contribution in [3.05, 3.63) is 65.5 Å². The minimum Gasteiger partial charge on any atom is -0.478 e. The molecule has 0 heterocycles. The van der Waals surface area contributed by atoms with Gasteiger partial charge in [-0.1, -0.05) is 12.1 Å². The normalized spacial score (nSPS) is 15.5. The Hall–Kier alpha value is -2.36. The van der Waals surface area contributed by atoms with Crippen LogP contribution >= 0.6 is 0 Å². The van der Waals surface area contributed by atoms with E-state index >= 15 is 0 Å². The molecule has 3 rings (SSSR count). The van der Waals surface area contributed by atoms with E-state index in [4.69, 9.17) is 5.11 Å². The van der Waals surface area contributed by atoms with Gasteiger partial charge in [-0.25, -0.2) is 9.18 Å². The molecule has 21 heavy (non-hydrogen) atoms. The number of halogens is 1. The molecule has 4 heteroatoms. The summed E-state index contributed by atoms with van der Waals surface area (Å²) in [7, 11) is 0. The standard InChI is InChI=1S/C17H16FNO2/c18-14-7-3-12(4-8-14)16(11-1-2-11)19-15-9-5-13(6-10-15)17(20)21/h3-11,16,19H,1-2H2,(H,20,21). The third-order valence-electron chi connectivity index (χ3n) is 3.78. The maximum absolute atomic E-state index is 13.0. The first-order valence-electron chi connectivity index (χ1n) is 6.99. The highest BCUT2D eigenvalue weighted by atomic mass is 19.1. The quantitative estimate of drug-likeness (QED) is 0.870. The molecular formula is C17H16FNO2. The molecule has 0 bridgehead atoms. The Morgan fingerprint density at radius 1 is 1.10 bits per heavy atom. The number of hydrogen-bond acceptors (Lipinski definition) is 2. The fourth-order valence-corrected chi connectivity index (χ4v) is 2.46. The van der Waals surface area contributed by atoms with Crippen LogP contribution in [0.25, 0.3) is 0 Å². The number of carboxylic acids is 1. The largest absolute Gasteiger partial charge is 0.478 e. The third-order valence-corrected chi connectivity index (χ3v) is 3.78. The van der Waals surface area contributed by atoms with Crippen molar-refractivity contribution in [2.24, 2.45) is 5.92 Å². The zero-order valence-corrected chi connectivity index (χ0v) is 11.4. The average molecular weight is 285 g/mol. The Morgan fingerprint density at radius 2 is 1.71 bits per heavy atom. The molecule has 1 unspecified atom stereocenters. The molecule has 1 aliphatic carbocycles. The van der Waals surface area contributed by atoms with Crippen molar-refractivity contribution in [2.45, 2.75) is 18.9 Å². The lowest BCUT2D eigenvalue weighted by atomic mass is 10.0. The summed E-state index contributed by atoms with van der Waals surface area (Å²) in [6.07, 6.45) is 2.31. The Morgan fingerprint density at radius 3 is 2.24 bits per heavy atom. The van der Waals surface area contributed by atoms with Crippen molar-refractivity contribution in [1.82, 2.24) is 0 Å². The fourth-order valence-electron chi connectivity index (χ4n) is 2.46. The van der Waals surface area contributed by atoms with Crippen molar-refractivity contribution in [2.75, 3.05) is 5.32 Å². The lowest BCUT2D eigenvalue weighted by Crippen LogP contribution is -2.13. The highest BCUT2D eigenvalue weighted by Crippen LogP contribution is 2.42. The number of nitrogens with one attached hydrogen (secondary N) is 1. The summed E-state index contributed by atoms with van der Waals surface area (Å²) in [4.78, 5) is 10.9. The van der Waals surface area contributed by atoms with Crippen LogP contribution in [0.3, 0.4) is 0 Å². The Bertz CT molecular complexity index is 633. The van der Waals surface area contributed by atoms with Crippen LogP contribution < -0.4 is 5.32 Å². The average Bonchev–Trinajstić information content (AvgIpc) is 3.31. The lowest BCUT2D eigenvalue weighted by Gasteiger charge is -2.20. The molecule has 1 aliphatic rings. The van der Waals surface area contributed by atoms with Crippen LogP contribution in [0, 0.1) is 11.7 Å². The molecule has 0 saturated heterocycles. The zero-order chi connectivity index (χ0) is 14.8. The maximum atomic E-state index is 13.0. The molecule has 3 nitrogen and oxygen atoms in total. The number of hydrogen-bond donors (Lipinski definition) is 2. The van der Waals surface area contributed by atoms with E-state index in [1.807, 2.05) is 0 Å². The first-order chi connectivity index (χ1) is 10.1. The van der Waals surface area contributed by atoms with Gasteiger partial charge in [0.1, 0.15) is 5.82 Å². The lowest BCUT2D eigenvalue weighted by molar-refractivity contribution is 0.0697. The first kappa shape index (κ1) is 13.6. The molecule has 1 saturated carbocycles. The second-order valence-corrected chi connectivity index (χ2v) is 5.39. The van der Waals surface area contributed by atoms with Gasteiger partial charge in [-0.05, 0) is 60.7 Å². The fraction of sp³-hybridized carbons (Fsp3) is 0.235. The SMILES string of the molecule is O=C(O)c1ccc(NC(c2ccc(F)cc2)C2CC2)cc1. The number of carbonyl (C=O) groups is 1. The highest BCUT2D eigenvalue weighted by Gasteiger charge is 2.32. The second-order valence-electron chi connectivity index (χ2n) is 5.39. The molecule has 0 amide bonds. The molecule has 2 aromatic carbocycles. The van der Waals surface area contributed by atoms with E-state index in [9.17, 15) is 9.18 Å². The number of rotatable bonds is 5. The molecule has 1 atom stereocenters. The van der Waals surface area contributed by atoms with E-state index < -0.39 is 5.97 Å². The summed E-state index contributed by atoms with van der Waals surface area (Å²) in [5.74, 6) is -0.618. The summed E-state index contributed by atoms with van der Waals surface area (Å²) in [6, 6.07) is 13.4. The van der Waals surface area contributed by atoms with E-state index in [0.717, 1.165) is 24.1 Å². The van der Waals surface area contributed by atoms with Gasteiger partial charge in [-0.3, -0.25) is 0 Å². The molecule has 0 radical (unpaired) electrons. The summed E-state index contributed by atoms with van der Waals surface area (Å²) in [6.45, 7) is 0. The maximum Gasteiger partial charge on any atom is 0.335 e. The molecule has 2 N–H and O–H groups in total. The Labute approximate surface area is 122 Å². The second kappa shape index (κ2) is 5.56. The molecule has 108 valence electrons. The number of benzene rings is 2. The smallest absolute Gasteiger partial charge is 0.335 e. The van der Waals surface area contributed by atoms with E-state index in [1.54, 1.807) is 36.4 Å². The van der Waals surface area contributed by atoms with Gasteiger partial charge >= 0.3 is 5.97 Å². The highest BCUT2D eigenvalue weighted by molar-refractivity contribution is 5.88. The van der Waals surface area contributed by atoms with Gasteiger partial charge in [0.25, 0.3) is 0 Å². The van der Waals surface area contributed by atoms with E-state index in [1.165, 1.54) is 12.1 Å². The van der Waals surface area contributed by atoms with Crippen LogP contribution in [0.2, 0.25) is 0 Å². The molecule has 0 aromatic heterocycles. The van der Waals surface area contributed by atoms with Crippen LogP contribution in [0.15, 0.2) is 48.5 Å². The first-order valence-corrected chi connectivity index (χ1v) is 6.99. The molecule has 1 fully saturated rings. The van der Waals surface area contributed by atoms with Gasteiger partial charge in [-0.2, -0.15) is 0 Å². The number of anilines is 1. The van der Waals surface area contributed by atoms with Gasteiger partial charge in [0, 0.05) is 5.69 Å². The minimum atomic E-state index is -0.932. The number of carboxylic acid groups (broad SMARTS) is 1. The predicted octanol–water partition coefficient (Wildman–Crippen LogP) is 4.09. The van der Waals surface area contributed by atoms with Crippen LogP contribution in [0.4, 0.5) is 10.1 Å². The van der Waals surface area contributed by atoms with Crippen molar-refractivity contribution in [1.29, 1.82) is 0 Å². The zero-order valence-electron chi connectivity index (χ0n) is 11.4. The van der Waals surface area contributed by atoms with Gasteiger partial charge in [0.15, 0.2) is 0 Å². The van der Waals surface area contributed by atoms with Crippen molar-refractivity contribution >= 4 is 11.7 Å². The third kappa shape index (κ3) is 3.21. The van der Waals surface area contributed by atoms with E-state index in [0.29, 0.717) is 5.92 Å². The van der Waals surface area contributed by atoms with Gasteiger partial charge in [-0.15, -0.1) is 0 Å².